The number of carbonyl (C=O) groups excluding carboxylic acids is 3. The lowest BCUT2D eigenvalue weighted by Gasteiger charge is -2.11. The molecule has 0 radical (unpaired) electrons. The number of halogens is 1. The van der Waals surface area contributed by atoms with Crippen LogP contribution in [-0.4, -0.2) is 53.7 Å². The predicted octanol–water partition coefficient (Wildman–Crippen LogP) is 3.72. The summed E-state index contributed by atoms with van der Waals surface area (Å²) < 4.78 is 7.00. The van der Waals surface area contributed by atoms with E-state index < -0.39 is 18.5 Å². The molecule has 0 aliphatic heterocycles. The lowest BCUT2D eigenvalue weighted by molar-refractivity contribution is -0.125. The number of thiazole rings is 1. The molecule has 3 aromatic rings. The predicted molar refractivity (Wildman–Crippen MR) is 130 cm³/mol. The molecule has 0 N–H and O–H groups in total. The molecule has 1 heterocycles. The van der Waals surface area contributed by atoms with Crippen LogP contribution in [0.3, 0.4) is 0 Å². The van der Waals surface area contributed by atoms with Gasteiger partial charge in [-0.25, -0.2) is 4.79 Å². The number of hydrogen-bond donors (Lipinski definition) is 0. The zero-order valence-corrected chi connectivity index (χ0v) is 20.5. The van der Waals surface area contributed by atoms with Gasteiger partial charge < -0.3 is 14.2 Å². The van der Waals surface area contributed by atoms with Crippen molar-refractivity contribution < 1.29 is 19.1 Å². The molecule has 33 heavy (non-hydrogen) atoms. The molecule has 172 valence electrons. The van der Waals surface area contributed by atoms with Crippen molar-refractivity contribution in [1.82, 2.24) is 9.47 Å². The lowest BCUT2D eigenvalue weighted by Crippen LogP contribution is -2.23. The highest BCUT2D eigenvalue weighted by Gasteiger charge is 2.16. The number of nitrogens with zero attached hydrogens (tertiary/aromatic N) is 3. The van der Waals surface area contributed by atoms with Gasteiger partial charge in [-0.05, 0) is 23.8 Å². The highest BCUT2D eigenvalue weighted by Crippen LogP contribution is 2.23. The Bertz CT molecular complexity index is 1220. The van der Waals surface area contributed by atoms with Gasteiger partial charge in [-0.15, -0.1) is 23.1 Å². The Labute approximate surface area is 204 Å². The van der Waals surface area contributed by atoms with Crippen molar-refractivity contribution in [2.24, 2.45) is 4.99 Å². The van der Waals surface area contributed by atoms with Crippen molar-refractivity contribution in [2.45, 2.75) is 11.4 Å². The zero-order valence-electron chi connectivity index (χ0n) is 18.1. The highest BCUT2D eigenvalue weighted by atomic mass is 35.5. The van der Waals surface area contributed by atoms with E-state index in [1.54, 1.807) is 49.0 Å². The summed E-state index contributed by atoms with van der Waals surface area (Å²) in [6, 6.07) is 14.3. The first-order valence-corrected chi connectivity index (χ1v) is 12.1. The van der Waals surface area contributed by atoms with Crippen LogP contribution in [-0.2, 0) is 20.9 Å². The topological polar surface area (TPSA) is 81.0 Å². The summed E-state index contributed by atoms with van der Waals surface area (Å²) in [5.74, 6) is -1.10. The Balaban J connectivity index is 1.64. The number of carbonyl (C=O) groups is 3. The summed E-state index contributed by atoms with van der Waals surface area (Å²) in [5.41, 5.74) is 1.20. The Morgan fingerprint density at radius 2 is 1.85 bits per heavy atom. The Kier molecular flexibility index (Phi) is 8.87. The van der Waals surface area contributed by atoms with Gasteiger partial charge in [-0.1, -0.05) is 41.9 Å². The lowest BCUT2D eigenvalue weighted by atomic mass is 10.2. The molecule has 1 aromatic heterocycles. The molecule has 7 nitrogen and oxygen atoms in total. The standard InChI is InChI=1S/C23H22ClN3O4S2/c1-26(2)21(29)15-33-19-10-6-4-8-17(19)22(30)31-14-20(28)25-23-27(11-12-32-23)13-16-7-3-5-9-18(16)24/h3-12H,13-15H2,1-2H3. The van der Waals surface area contributed by atoms with Crippen LogP contribution in [0.4, 0.5) is 0 Å². The second-order valence-electron chi connectivity index (χ2n) is 7.06. The molecule has 0 saturated heterocycles. The van der Waals surface area contributed by atoms with Gasteiger partial charge in [0.2, 0.25) is 5.91 Å². The minimum absolute atomic E-state index is 0.0711. The monoisotopic (exact) mass is 503 g/mol. The molecule has 0 aliphatic rings. The molecule has 2 amide bonds. The fourth-order valence-corrected chi connectivity index (χ4v) is 4.65. The highest BCUT2D eigenvalue weighted by molar-refractivity contribution is 8.00. The van der Waals surface area contributed by atoms with Gasteiger partial charge in [0.1, 0.15) is 0 Å². The van der Waals surface area contributed by atoms with Gasteiger partial charge in [0.15, 0.2) is 11.4 Å². The van der Waals surface area contributed by atoms with Crippen molar-refractivity contribution in [2.75, 3.05) is 26.5 Å². The third-order valence-corrected chi connectivity index (χ3v) is 6.68. The van der Waals surface area contributed by atoms with E-state index in [1.165, 1.54) is 28.0 Å². The van der Waals surface area contributed by atoms with Crippen molar-refractivity contribution >= 4 is 52.5 Å². The van der Waals surface area contributed by atoms with Crippen molar-refractivity contribution in [1.29, 1.82) is 0 Å². The van der Waals surface area contributed by atoms with Gasteiger partial charge in [0.05, 0.1) is 17.9 Å². The molecule has 0 fully saturated rings. The average Bonchev–Trinajstić information content (AvgIpc) is 3.23. The minimum Gasteiger partial charge on any atom is -0.452 e. The second-order valence-corrected chi connectivity index (χ2v) is 9.36. The first-order chi connectivity index (χ1) is 15.8. The molecule has 0 aliphatic carbocycles. The number of aromatic nitrogens is 1. The number of ether oxygens (including phenoxy) is 1. The molecule has 2 aromatic carbocycles. The number of thioether (sulfide) groups is 1. The number of amides is 2. The van der Waals surface area contributed by atoms with Crippen LogP contribution < -0.4 is 4.80 Å². The Hall–Kier alpha value is -2.88. The quantitative estimate of drug-likeness (QED) is 0.346. The Morgan fingerprint density at radius 3 is 2.61 bits per heavy atom. The summed E-state index contributed by atoms with van der Waals surface area (Å²) in [6.45, 7) is -0.0240. The number of benzene rings is 2. The van der Waals surface area contributed by atoms with Crippen LogP contribution in [0.25, 0.3) is 0 Å². The van der Waals surface area contributed by atoms with Crippen LogP contribution in [0.1, 0.15) is 15.9 Å². The van der Waals surface area contributed by atoms with Crippen LogP contribution >= 0.6 is 34.7 Å². The van der Waals surface area contributed by atoms with Gasteiger partial charge in [-0.2, -0.15) is 4.99 Å². The molecule has 0 bridgehead atoms. The van der Waals surface area contributed by atoms with Gasteiger partial charge in [0.25, 0.3) is 5.91 Å². The molecule has 0 saturated carbocycles. The van der Waals surface area contributed by atoms with E-state index in [2.05, 4.69) is 4.99 Å². The summed E-state index contributed by atoms with van der Waals surface area (Å²) in [6.07, 6.45) is 1.81. The SMILES string of the molecule is CN(C)C(=O)CSc1ccccc1C(=O)OCC(=O)N=c1sccn1Cc1ccccc1Cl. The number of hydrogen-bond acceptors (Lipinski definition) is 6. The zero-order chi connectivity index (χ0) is 23.8. The number of esters is 1. The fraction of sp³-hybridized carbons (Fsp3) is 0.217. The fourth-order valence-electron chi connectivity index (χ4n) is 2.69. The third-order valence-electron chi connectivity index (χ3n) is 4.46. The molecular formula is C23H22ClN3O4S2. The van der Waals surface area contributed by atoms with Crippen molar-refractivity contribution in [3.63, 3.8) is 0 Å². The molecule has 0 unspecified atom stereocenters. The maximum absolute atomic E-state index is 12.6. The largest absolute Gasteiger partial charge is 0.452 e. The summed E-state index contributed by atoms with van der Waals surface area (Å²) in [7, 11) is 3.34. The molecule has 0 spiro atoms. The first-order valence-electron chi connectivity index (χ1n) is 9.89. The number of rotatable bonds is 8. The van der Waals surface area contributed by atoms with E-state index in [-0.39, 0.29) is 11.7 Å². The van der Waals surface area contributed by atoms with Gasteiger partial charge in [0, 0.05) is 35.6 Å². The van der Waals surface area contributed by atoms with E-state index in [0.29, 0.717) is 26.8 Å². The van der Waals surface area contributed by atoms with Crippen molar-refractivity contribution in [3.8, 4) is 0 Å². The summed E-state index contributed by atoms with van der Waals surface area (Å²) >= 11 is 8.76. The van der Waals surface area contributed by atoms with E-state index in [0.717, 1.165) is 5.56 Å². The van der Waals surface area contributed by atoms with Gasteiger partial charge >= 0.3 is 5.97 Å². The molecule has 3 rings (SSSR count). The van der Waals surface area contributed by atoms with E-state index in [4.69, 9.17) is 16.3 Å². The van der Waals surface area contributed by atoms with Crippen LogP contribution in [0.2, 0.25) is 5.02 Å². The normalized spacial score (nSPS) is 11.3. The maximum Gasteiger partial charge on any atom is 0.339 e. The maximum atomic E-state index is 12.6. The molecular weight excluding hydrogens is 482 g/mol. The van der Waals surface area contributed by atoms with E-state index in [9.17, 15) is 14.4 Å². The summed E-state index contributed by atoms with van der Waals surface area (Å²) in [5, 5.41) is 2.45. The molecule has 10 heteroatoms. The second kappa shape index (κ2) is 11.8. The van der Waals surface area contributed by atoms with Gasteiger partial charge in [-0.3, -0.25) is 9.59 Å². The van der Waals surface area contributed by atoms with E-state index >= 15 is 0 Å². The molecule has 0 atom stereocenters. The minimum atomic E-state index is -0.644. The smallest absolute Gasteiger partial charge is 0.339 e. The van der Waals surface area contributed by atoms with E-state index in [1.807, 2.05) is 29.8 Å². The van der Waals surface area contributed by atoms with Crippen molar-refractivity contribution in [3.05, 3.63) is 81.1 Å². The summed E-state index contributed by atoms with van der Waals surface area (Å²) in [4.78, 5) is 43.4. The Morgan fingerprint density at radius 1 is 1.12 bits per heavy atom. The third kappa shape index (κ3) is 7.05. The average molecular weight is 504 g/mol. The van der Waals surface area contributed by atoms with Crippen LogP contribution in [0.5, 0.6) is 0 Å². The first kappa shape index (κ1) is 24.8. The van der Waals surface area contributed by atoms with Crippen LogP contribution in [0, 0.1) is 0 Å². The van der Waals surface area contributed by atoms with Crippen LogP contribution in [0.15, 0.2) is 70.0 Å².